The molecule has 0 aromatic carbocycles. The van der Waals surface area contributed by atoms with Gasteiger partial charge < -0.3 is 9.88 Å². The Morgan fingerprint density at radius 2 is 2.21 bits per heavy atom. The van der Waals surface area contributed by atoms with E-state index in [0.29, 0.717) is 12.0 Å². The lowest BCUT2D eigenvalue weighted by molar-refractivity contribution is 0.0937. The molecule has 1 heterocycles. The number of carbonyl (C=O) groups is 1. The van der Waals surface area contributed by atoms with Gasteiger partial charge in [-0.1, -0.05) is 13.3 Å². The second-order valence-electron chi connectivity index (χ2n) is 6.18. The van der Waals surface area contributed by atoms with Crippen molar-refractivity contribution in [3.8, 4) is 0 Å². The van der Waals surface area contributed by atoms with Crippen LogP contribution in [0.2, 0.25) is 0 Å². The van der Waals surface area contributed by atoms with Crippen LogP contribution in [0.15, 0.2) is 16.7 Å². The lowest BCUT2D eigenvalue weighted by Gasteiger charge is -2.12. The maximum absolute atomic E-state index is 12.3. The molecule has 0 aliphatic heterocycles. The van der Waals surface area contributed by atoms with Crippen LogP contribution in [0.25, 0.3) is 0 Å². The number of nitrogens with zero attached hydrogens (tertiary/aromatic N) is 1. The lowest BCUT2D eigenvalue weighted by Crippen LogP contribution is -2.30. The van der Waals surface area contributed by atoms with Crippen molar-refractivity contribution in [1.29, 1.82) is 0 Å². The molecule has 1 aromatic rings. The normalized spacial score (nSPS) is 26.6. The van der Waals surface area contributed by atoms with E-state index in [0.717, 1.165) is 22.6 Å². The second kappa shape index (κ2) is 5.31. The summed E-state index contributed by atoms with van der Waals surface area (Å²) in [5.41, 5.74) is 0.806. The van der Waals surface area contributed by atoms with Crippen molar-refractivity contribution in [3.63, 3.8) is 0 Å². The maximum Gasteiger partial charge on any atom is 0.267 e. The van der Waals surface area contributed by atoms with E-state index in [9.17, 15) is 4.79 Å². The Bertz CT molecular complexity index is 478. The molecule has 2 aliphatic rings. The summed E-state index contributed by atoms with van der Waals surface area (Å²) >= 11 is 3.47. The Morgan fingerprint density at radius 3 is 2.84 bits per heavy atom. The van der Waals surface area contributed by atoms with Crippen molar-refractivity contribution in [2.75, 3.05) is 6.54 Å². The van der Waals surface area contributed by atoms with Gasteiger partial charge in [0.25, 0.3) is 5.91 Å². The Balaban J connectivity index is 1.60. The van der Waals surface area contributed by atoms with Gasteiger partial charge in [-0.2, -0.15) is 0 Å². The van der Waals surface area contributed by atoms with E-state index in [2.05, 4.69) is 32.7 Å². The summed E-state index contributed by atoms with van der Waals surface area (Å²) in [4.78, 5) is 12.3. The molecule has 4 heteroatoms. The Labute approximate surface area is 122 Å². The highest BCUT2D eigenvalue weighted by Gasteiger charge is 2.28. The number of hydrogen-bond donors (Lipinski definition) is 1. The average Bonchev–Trinajstić information content (AvgIpc) is 3.03. The summed E-state index contributed by atoms with van der Waals surface area (Å²) in [6.07, 6.45) is 8.25. The zero-order valence-corrected chi connectivity index (χ0v) is 12.9. The van der Waals surface area contributed by atoms with Gasteiger partial charge in [0.1, 0.15) is 5.69 Å². The first kappa shape index (κ1) is 13.2. The van der Waals surface area contributed by atoms with Crippen LogP contribution in [0.3, 0.4) is 0 Å². The van der Waals surface area contributed by atoms with Crippen molar-refractivity contribution in [2.45, 2.75) is 45.1 Å². The predicted octanol–water partition coefficient (Wildman–Crippen LogP) is 3.75. The molecule has 3 nitrogen and oxygen atoms in total. The minimum absolute atomic E-state index is 0.0807. The molecule has 2 fully saturated rings. The number of carbonyl (C=O) groups excluding carboxylic acids is 1. The van der Waals surface area contributed by atoms with E-state index in [4.69, 9.17) is 0 Å². The highest BCUT2D eigenvalue weighted by molar-refractivity contribution is 9.10. The molecular formula is C15H21BrN2O. The van der Waals surface area contributed by atoms with E-state index >= 15 is 0 Å². The highest BCUT2D eigenvalue weighted by atomic mass is 79.9. The molecule has 2 saturated carbocycles. The third kappa shape index (κ3) is 3.04. The number of rotatable bonds is 4. The Hall–Kier alpha value is -0.770. The van der Waals surface area contributed by atoms with Crippen LogP contribution in [0, 0.1) is 11.8 Å². The van der Waals surface area contributed by atoms with Crippen LogP contribution in [0.1, 0.15) is 55.6 Å². The summed E-state index contributed by atoms with van der Waals surface area (Å²) in [7, 11) is 0. The molecule has 0 radical (unpaired) electrons. The van der Waals surface area contributed by atoms with E-state index in [-0.39, 0.29) is 5.91 Å². The standard InChI is InChI=1S/C15H21BrN2O/c1-10-2-3-11(6-10)8-17-15(19)14-7-12(16)9-18(14)13-4-5-13/h7,9-11,13H,2-6,8H2,1H3,(H,17,19). The molecule has 2 aliphatic carbocycles. The molecule has 1 aromatic heterocycles. The van der Waals surface area contributed by atoms with Crippen molar-refractivity contribution >= 4 is 21.8 Å². The Kier molecular flexibility index (Phi) is 3.70. The van der Waals surface area contributed by atoms with Gasteiger partial charge >= 0.3 is 0 Å². The van der Waals surface area contributed by atoms with Gasteiger partial charge in [-0.3, -0.25) is 4.79 Å². The monoisotopic (exact) mass is 324 g/mol. The average molecular weight is 325 g/mol. The molecule has 3 rings (SSSR count). The molecule has 2 unspecified atom stereocenters. The van der Waals surface area contributed by atoms with Crippen LogP contribution in [0.4, 0.5) is 0 Å². The number of hydrogen-bond acceptors (Lipinski definition) is 1. The fourth-order valence-electron chi connectivity index (χ4n) is 3.12. The minimum atomic E-state index is 0.0807. The third-order valence-electron chi connectivity index (χ3n) is 4.34. The van der Waals surface area contributed by atoms with Gasteiger partial charge in [-0.05, 0) is 59.5 Å². The highest BCUT2D eigenvalue weighted by Crippen LogP contribution is 2.37. The van der Waals surface area contributed by atoms with Crippen molar-refractivity contribution in [1.82, 2.24) is 9.88 Å². The number of halogens is 1. The van der Waals surface area contributed by atoms with E-state index < -0.39 is 0 Å². The van der Waals surface area contributed by atoms with Crippen LogP contribution < -0.4 is 5.32 Å². The van der Waals surface area contributed by atoms with E-state index in [1.165, 1.54) is 32.1 Å². The summed E-state index contributed by atoms with van der Waals surface area (Å²) in [6, 6.07) is 2.48. The first-order valence-electron chi connectivity index (χ1n) is 7.29. The third-order valence-corrected chi connectivity index (χ3v) is 4.78. The fourth-order valence-corrected chi connectivity index (χ4v) is 3.56. The van der Waals surface area contributed by atoms with Gasteiger partial charge in [0.05, 0.1) is 0 Å². The van der Waals surface area contributed by atoms with Crippen molar-refractivity contribution in [2.24, 2.45) is 11.8 Å². The Morgan fingerprint density at radius 1 is 1.42 bits per heavy atom. The number of nitrogens with one attached hydrogen (secondary N) is 1. The van der Waals surface area contributed by atoms with Gasteiger partial charge in [-0.15, -0.1) is 0 Å². The van der Waals surface area contributed by atoms with E-state index in [1.807, 2.05) is 12.3 Å². The lowest BCUT2D eigenvalue weighted by atomic mass is 10.1. The molecule has 19 heavy (non-hydrogen) atoms. The maximum atomic E-state index is 12.3. The zero-order chi connectivity index (χ0) is 13.4. The SMILES string of the molecule is CC1CCC(CNC(=O)c2cc(Br)cn2C2CC2)C1. The number of amides is 1. The smallest absolute Gasteiger partial charge is 0.267 e. The van der Waals surface area contributed by atoms with Gasteiger partial charge in [0.2, 0.25) is 0 Å². The van der Waals surface area contributed by atoms with Crippen molar-refractivity contribution in [3.05, 3.63) is 22.4 Å². The predicted molar refractivity (Wildman–Crippen MR) is 79.2 cm³/mol. The first-order chi connectivity index (χ1) is 9.13. The van der Waals surface area contributed by atoms with Gasteiger partial charge in [-0.25, -0.2) is 0 Å². The fraction of sp³-hybridized carbons (Fsp3) is 0.667. The van der Waals surface area contributed by atoms with Crippen LogP contribution in [-0.4, -0.2) is 17.0 Å². The van der Waals surface area contributed by atoms with Gasteiger partial charge in [0, 0.05) is 23.3 Å². The summed E-state index contributed by atoms with van der Waals surface area (Å²) < 4.78 is 3.12. The molecule has 2 atom stereocenters. The summed E-state index contributed by atoms with van der Waals surface area (Å²) in [5.74, 6) is 1.58. The molecule has 0 bridgehead atoms. The molecule has 1 N–H and O–H groups in total. The number of aromatic nitrogens is 1. The van der Waals surface area contributed by atoms with E-state index in [1.54, 1.807) is 0 Å². The largest absolute Gasteiger partial charge is 0.350 e. The van der Waals surface area contributed by atoms with Gasteiger partial charge in [0.15, 0.2) is 0 Å². The zero-order valence-electron chi connectivity index (χ0n) is 11.4. The van der Waals surface area contributed by atoms with Crippen LogP contribution >= 0.6 is 15.9 Å². The first-order valence-corrected chi connectivity index (χ1v) is 8.08. The quantitative estimate of drug-likeness (QED) is 0.899. The minimum Gasteiger partial charge on any atom is -0.350 e. The summed E-state index contributed by atoms with van der Waals surface area (Å²) in [6.45, 7) is 3.13. The van der Waals surface area contributed by atoms with Crippen LogP contribution in [0.5, 0.6) is 0 Å². The molecule has 104 valence electrons. The van der Waals surface area contributed by atoms with Crippen molar-refractivity contribution < 1.29 is 4.79 Å². The topological polar surface area (TPSA) is 34.0 Å². The molecular weight excluding hydrogens is 304 g/mol. The summed E-state index contributed by atoms with van der Waals surface area (Å²) in [5, 5.41) is 3.12. The molecule has 1 amide bonds. The van der Waals surface area contributed by atoms with Crippen LogP contribution in [-0.2, 0) is 0 Å². The molecule has 0 spiro atoms. The molecule has 0 saturated heterocycles. The second-order valence-corrected chi connectivity index (χ2v) is 7.09.